The number of nitrogens with zero attached hydrogens (tertiary/aromatic N) is 1. The van der Waals surface area contributed by atoms with Gasteiger partial charge >= 0.3 is 0 Å². The molecule has 49 heavy (non-hydrogen) atoms. The van der Waals surface area contributed by atoms with Crippen molar-refractivity contribution < 1.29 is 0 Å². The number of hydrogen-bond donors (Lipinski definition) is 0. The molecule has 0 atom stereocenters. The number of thiophene rings is 2. The van der Waals surface area contributed by atoms with Crippen LogP contribution in [0.3, 0.4) is 0 Å². The predicted octanol–water partition coefficient (Wildman–Crippen LogP) is 14.4. The summed E-state index contributed by atoms with van der Waals surface area (Å²) < 4.78 is 5.25. The van der Waals surface area contributed by atoms with Crippen molar-refractivity contribution in [3.63, 3.8) is 0 Å². The van der Waals surface area contributed by atoms with Crippen molar-refractivity contribution in [2.45, 2.75) is 0 Å². The third-order valence-corrected chi connectivity index (χ3v) is 12.0. The second-order valence-corrected chi connectivity index (χ2v) is 14.6. The topological polar surface area (TPSA) is 3.24 Å². The molecule has 10 rings (SSSR count). The minimum absolute atomic E-state index is 1.13. The van der Waals surface area contributed by atoms with Crippen LogP contribution < -0.4 is 4.90 Å². The van der Waals surface area contributed by atoms with E-state index in [1.54, 1.807) is 0 Å². The van der Waals surface area contributed by atoms with Crippen LogP contribution in [0.1, 0.15) is 0 Å². The van der Waals surface area contributed by atoms with Gasteiger partial charge in [0.2, 0.25) is 0 Å². The summed E-state index contributed by atoms with van der Waals surface area (Å²) in [5.74, 6) is 0. The molecule has 230 valence electrons. The number of para-hydroxylation sites is 1. The van der Waals surface area contributed by atoms with E-state index in [-0.39, 0.29) is 0 Å². The summed E-state index contributed by atoms with van der Waals surface area (Å²) in [6, 6.07) is 64.4. The first-order chi connectivity index (χ1) is 24.3. The SMILES string of the molecule is c1ccc(N(c2ccc(-c3cccc4ccccc34)cc2)c2ccc3c(c2)sc2ccccc23)c(-c2cccc3c2sc2ccccc23)c1. The first kappa shape index (κ1) is 28.3. The molecule has 0 N–H and O–H groups in total. The molecule has 8 aromatic carbocycles. The van der Waals surface area contributed by atoms with Crippen molar-refractivity contribution in [1.82, 2.24) is 0 Å². The second kappa shape index (κ2) is 11.5. The molecule has 0 saturated carbocycles. The summed E-state index contributed by atoms with van der Waals surface area (Å²) >= 11 is 3.75. The van der Waals surface area contributed by atoms with Crippen molar-refractivity contribution >= 4 is 90.9 Å². The highest BCUT2D eigenvalue weighted by Gasteiger charge is 2.20. The first-order valence-corrected chi connectivity index (χ1v) is 18.2. The molecule has 0 amide bonds. The van der Waals surface area contributed by atoms with Crippen molar-refractivity contribution in [1.29, 1.82) is 0 Å². The molecule has 0 saturated heterocycles. The molecule has 3 heteroatoms. The minimum atomic E-state index is 1.13. The van der Waals surface area contributed by atoms with Crippen molar-refractivity contribution in [2.75, 3.05) is 4.90 Å². The van der Waals surface area contributed by atoms with Crippen LogP contribution in [-0.2, 0) is 0 Å². The smallest absolute Gasteiger partial charge is 0.0540 e. The van der Waals surface area contributed by atoms with Gasteiger partial charge in [0, 0.05) is 62.8 Å². The van der Waals surface area contributed by atoms with E-state index in [2.05, 4.69) is 181 Å². The van der Waals surface area contributed by atoms with Crippen molar-refractivity contribution in [3.05, 3.63) is 176 Å². The maximum absolute atomic E-state index is 2.44. The van der Waals surface area contributed by atoms with E-state index in [9.17, 15) is 0 Å². The van der Waals surface area contributed by atoms with E-state index in [0.717, 1.165) is 17.1 Å². The molecule has 0 spiro atoms. The van der Waals surface area contributed by atoms with Crippen LogP contribution in [0.5, 0.6) is 0 Å². The van der Waals surface area contributed by atoms with E-state index in [1.807, 2.05) is 22.7 Å². The number of hydrogen-bond acceptors (Lipinski definition) is 3. The van der Waals surface area contributed by atoms with Gasteiger partial charge in [-0.3, -0.25) is 0 Å². The molecule has 0 aliphatic carbocycles. The summed E-state index contributed by atoms with van der Waals surface area (Å²) in [7, 11) is 0. The van der Waals surface area contributed by atoms with Gasteiger partial charge in [-0.1, -0.05) is 133 Å². The molecule has 10 aromatic rings. The van der Waals surface area contributed by atoms with Crippen molar-refractivity contribution in [3.8, 4) is 22.3 Å². The number of fused-ring (bicyclic) bond motifs is 7. The minimum Gasteiger partial charge on any atom is -0.310 e. The summed E-state index contributed by atoms with van der Waals surface area (Å²) in [6.07, 6.45) is 0. The molecule has 0 radical (unpaired) electrons. The molecule has 0 aliphatic rings. The Morgan fingerprint density at radius 1 is 0.347 bits per heavy atom. The zero-order valence-corrected chi connectivity index (χ0v) is 28.1. The second-order valence-electron chi connectivity index (χ2n) is 12.5. The van der Waals surface area contributed by atoms with Gasteiger partial charge in [-0.2, -0.15) is 0 Å². The maximum atomic E-state index is 2.44. The quantitative estimate of drug-likeness (QED) is 0.178. The standard InChI is InChI=1S/C46H29NS2/c1-2-13-34-30(11-1)12-9-17-35(34)31-23-25-32(26-24-31)47(33-27-28-39-37-15-4-7-21-43(37)48-45(39)29-33)42-20-6-3-14-36(42)40-18-10-19-41-38-16-5-8-22-44(38)49-46(40)41/h1-29H. The molecule has 2 heterocycles. The van der Waals surface area contributed by atoms with E-state index in [4.69, 9.17) is 0 Å². The summed E-state index contributed by atoms with van der Waals surface area (Å²) in [4.78, 5) is 2.44. The summed E-state index contributed by atoms with van der Waals surface area (Å²) in [5.41, 5.74) is 8.37. The third kappa shape index (κ3) is 4.66. The maximum Gasteiger partial charge on any atom is 0.0540 e. The van der Waals surface area contributed by atoms with Crippen LogP contribution in [0, 0.1) is 0 Å². The average Bonchev–Trinajstić information content (AvgIpc) is 3.74. The first-order valence-electron chi connectivity index (χ1n) is 16.6. The Labute approximate surface area is 292 Å². The van der Waals surface area contributed by atoms with Gasteiger partial charge in [-0.15, -0.1) is 22.7 Å². The lowest BCUT2D eigenvalue weighted by molar-refractivity contribution is 1.29. The molecule has 0 aliphatic heterocycles. The van der Waals surface area contributed by atoms with Gasteiger partial charge in [0.05, 0.1) is 5.69 Å². The van der Waals surface area contributed by atoms with Gasteiger partial charge in [-0.05, 0) is 64.4 Å². The van der Waals surface area contributed by atoms with Crippen LogP contribution in [0.15, 0.2) is 176 Å². The Bertz CT molecular complexity index is 2830. The van der Waals surface area contributed by atoms with Crippen LogP contribution in [0.2, 0.25) is 0 Å². The molecular weight excluding hydrogens is 631 g/mol. The van der Waals surface area contributed by atoms with E-state index in [1.165, 1.54) is 73.4 Å². The Morgan fingerprint density at radius 2 is 0.918 bits per heavy atom. The highest BCUT2D eigenvalue weighted by molar-refractivity contribution is 7.26. The highest BCUT2D eigenvalue weighted by Crippen LogP contribution is 2.47. The predicted molar refractivity (Wildman–Crippen MR) is 215 cm³/mol. The fourth-order valence-electron chi connectivity index (χ4n) is 7.40. The van der Waals surface area contributed by atoms with Crippen LogP contribution in [0.25, 0.3) is 73.4 Å². The zero-order chi connectivity index (χ0) is 32.3. The lowest BCUT2D eigenvalue weighted by Gasteiger charge is -2.28. The fraction of sp³-hybridized carbons (Fsp3) is 0. The molecule has 2 aromatic heterocycles. The lowest BCUT2D eigenvalue weighted by Crippen LogP contribution is -2.11. The zero-order valence-electron chi connectivity index (χ0n) is 26.5. The third-order valence-electron chi connectivity index (χ3n) is 9.69. The van der Waals surface area contributed by atoms with Gasteiger partial charge in [0.1, 0.15) is 0 Å². The molecular formula is C46H29NS2. The van der Waals surface area contributed by atoms with Crippen LogP contribution in [0.4, 0.5) is 17.1 Å². The van der Waals surface area contributed by atoms with Gasteiger partial charge in [-0.25, -0.2) is 0 Å². The van der Waals surface area contributed by atoms with E-state index < -0.39 is 0 Å². The van der Waals surface area contributed by atoms with Crippen molar-refractivity contribution in [2.24, 2.45) is 0 Å². The van der Waals surface area contributed by atoms with Gasteiger partial charge < -0.3 is 4.90 Å². The number of anilines is 3. The molecule has 0 bridgehead atoms. The summed E-state index contributed by atoms with van der Waals surface area (Å²) in [6.45, 7) is 0. The molecule has 0 unspecified atom stereocenters. The highest BCUT2D eigenvalue weighted by atomic mass is 32.1. The number of benzene rings is 8. The molecule has 0 fully saturated rings. The summed E-state index contributed by atoms with van der Waals surface area (Å²) in [5, 5.41) is 7.78. The monoisotopic (exact) mass is 659 g/mol. The van der Waals surface area contributed by atoms with Gasteiger partial charge in [0.15, 0.2) is 0 Å². The lowest BCUT2D eigenvalue weighted by atomic mass is 9.97. The van der Waals surface area contributed by atoms with E-state index >= 15 is 0 Å². The average molecular weight is 660 g/mol. The van der Waals surface area contributed by atoms with Crippen LogP contribution in [-0.4, -0.2) is 0 Å². The largest absolute Gasteiger partial charge is 0.310 e. The number of rotatable bonds is 5. The Morgan fingerprint density at radius 3 is 1.78 bits per heavy atom. The fourth-order valence-corrected chi connectivity index (χ4v) is 9.77. The van der Waals surface area contributed by atoms with Gasteiger partial charge in [0.25, 0.3) is 0 Å². The van der Waals surface area contributed by atoms with Crippen LogP contribution >= 0.6 is 22.7 Å². The Kier molecular flexibility index (Phi) is 6.61. The Balaban J connectivity index is 1.18. The van der Waals surface area contributed by atoms with E-state index in [0.29, 0.717) is 0 Å². The Hall–Kier alpha value is -5.74. The normalized spacial score (nSPS) is 11.7. The molecule has 1 nitrogen and oxygen atoms in total.